The predicted molar refractivity (Wildman–Crippen MR) is 247 cm³/mol. The summed E-state index contributed by atoms with van der Waals surface area (Å²) in [5.41, 5.74) is 6.97. The van der Waals surface area contributed by atoms with Crippen molar-refractivity contribution in [3.63, 3.8) is 0 Å². The van der Waals surface area contributed by atoms with E-state index in [1.54, 1.807) is 0 Å². The molecule has 0 radical (unpaired) electrons. The zero-order chi connectivity index (χ0) is 41.2. The maximum atomic E-state index is 7.25. The Morgan fingerprint density at radius 1 is 0.500 bits per heavy atom. The van der Waals surface area contributed by atoms with Gasteiger partial charge in [0.25, 0.3) is 0 Å². The largest absolute Gasteiger partial charge is 0.453 e. The minimum atomic E-state index is -1.98. The number of allylic oxidation sites excluding steroid dienone is 8. The van der Waals surface area contributed by atoms with E-state index in [0.29, 0.717) is 28.1 Å². The third-order valence-electron chi connectivity index (χ3n) is 11.5. The van der Waals surface area contributed by atoms with Crippen LogP contribution in [0.15, 0.2) is 191 Å². The lowest BCUT2D eigenvalue weighted by molar-refractivity contribution is 0.385. The molecule has 0 saturated heterocycles. The Labute approximate surface area is 351 Å². The van der Waals surface area contributed by atoms with Gasteiger partial charge >= 0.3 is 16.5 Å². The Balaban J connectivity index is 1.26. The summed E-state index contributed by atoms with van der Waals surface area (Å²) in [5, 5.41) is 6.05. The molecule has 0 amide bonds. The topological polar surface area (TPSA) is 71.0 Å². The van der Waals surface area contributed by atoms with Gasteiger partial charge in [-0.3, -0.25) is 0 Å². The summed E-state index contributed by atoms with van der Waals surface area (Å²) in [4.78, 5) is 0. The van der Waals surface area contributed by atoms with Gasteiger partial charge in [-0.1, -0.05) is 163 Å². The number of fused-ring (bicyclic) bond motifs is 8. The van der Waals surface area contributed by atoms with E-state index < -0.39 is 16.5 Å². The molecule has 2 aliphatic carbocycles. The van der Waals surface area contributed by atoms with Gasteiger partial charge < -0.3 is 25.8 Å². The van der Waals surface area contributed by atoms with Crippen LogP contribution in [0.2, 0.25) is 0 Å². The van der Waals surface area contributed by atoms with Crippen LogP contribution in [-0.2, 0) is 5.41 Å². The maximum Gasteiger partial charge on any atom is 0.453 e. The molecule has 0 saturated carbocycles. The third kappa shape index (κ3) is 6.88. The summed E-state index contributed by atoms with van der Waals surface area (Å²) < 4.78 is 41.4. The van der Waals surface area contributed by atoms with Gasteiger partial charge in [0.1, 0.15) is 33.8 Å². The average molecular weight is 829 g/mol. The number of para-hydroxylation sites is 4. The van der Waals surface area contributed by atoms with Crippen LogP contribution in [0.5, 0.6) is 5.75 Å². The minimum absolute atomic E-state index is 0.109. The molecule has 0 aliphatic heterocycles. The molecular weight excluding hydrogens is 783 g/mol. The van der Waals surface area contributed by atoms with Crippen molar-refractivity contribution in [3.05, 3.63) is 186 Å². The quantitative estimate of drug-likeness (QED) is 0.172. The molecule has 8 heteroatoms. The fourth-order valence-corrected chi connectivity index (χ4v) is 10.9. The van der Waals surface area contributed by atoms with Crippen LogP contribution in [0.3, 0.4) is 0 Å². The van der Waals surface area contributed by atoms with E-state index in [4.69, 9.17) is 25.8 Å². The average Bonchev–Trinajstić information content (AvgIpc) is 3.50. The van der Waals surface area contributed by atoms with E-state index in [1.807, 2.05) is 72.8 Å². The number of hydrogen-bond acceptors (Lipinski definition) is 6. The molecule has 2 aromatic heterocycles. The monoisotopic (exact) mass is 828 g/mol. The van der Waals surface area contributed by atoms with Crippen molar-refractivity contribution in [2.75, 3.05) is 0 Å². The zero-order valence-corrected chi connectivity index (χ0v) is 36.3. The van der Waals surface area contributed by atoms with Gasteiger partial charge in [0.2, 0.25) is 0 Å². The van der Waals surface area contributed by atoms with Crippen molar-refractivity contribution in [2.24, 2.45) is 11.3 Å². The molecular formula is C52H46O6P2. The van der Waals surface area contributed by atoms with Gasteiger partial charge in [0.15, 0.2) is 0 Å². The van der Waals surface area contributed by atoms with Gasteiger partial charge in [-0.05, 0) is 74.7 Å². The second-order valence-corrected chi connectivity index (χ2v) is 19.5. The molecule has 60 heavy (non-hydrogen) atoms. The highest BCUT2D eigenvalue weighted by Gasteiger charge is 2.41. The lowest BCUT2D eigenvalue weighted by atomic mass is 9.67. The molecule has 0 spiro atoms. The molecule has 0 fully saturated rings. The Bertz CT molecular complexity index is 3090. The molecule has 2 unspecified atom stereocenters. The van der Waals surface area contributed by atoms with Crippen LogP contribution in [-0.4, -0.2) is 0 Å². The predicted octanol–water partition coefficient (Wildman–Crippen LogP) is 16.4. The van der Waals surface area contributed by atoms with E-state index in [-0.39, 0.29) is 22.7 Å². The van der Waals surface area contributed by atoms with Gasteiger partial charge in [-0.2, -0.15) is 0 Å². The third-order valence-corrected chi connectivity index (χ3v) is 13.6. The highest BCUT2D eigenvalue weighted by Crippen LogP contribution is 2.55. The number of benzene rings is 6. The Hall–Kier alpha value is -6.06. The van der Waals surface area contributed by atoms with Gasteiger partial charge in [0, 0.05) is 33.0 Å². The van der Waals surface area contributed by atoms with Gasteiger partial charge in [-0.15, -0.1) is 0 Å². The summed E-state index contributed by atoms with van der Waals surface area (Å²) >= 11 is 0. The van der Waals surface area contributed by atoms with Crippen LogP contribution >= 0.6 is 16.5 Å². The molecule has 0 N–H and O–H groups in total. The van der Waals surface area contributed by atoms with Crippen LogP contribution in [0.25, 0.3) is 54.6 Å². The fraction of sp³-hybridized carbons (Fsp3) is 0.192. The van der Waals surface area contributed by atoms with Crippen molar-refractivity contribution in [1.82, 2.24) is 0 Å². The maximum absolute atomic E-state index is 7.25. The molecule has 10 rings (SSSR count). The Morgan fingerprint density at radius 3 is 1.43 bits per heavy atom. The van der Waals surface area contributed by atoms with Crippen LogP contribution in [0.1, 0.15) is 58.6 Å². The molecule has 2 heterocycles. The van der Waals surface area contributed by atoms with Gasteiger partial charge in [0.05, 0.1) is 5.92 Å². The molecule has 2 atom stereocenters. The minimum Gasteiger partial charge on any atom is -0.395 e. The standard InChI is InChI=1S/C52H46O6P2/c1-51(2,3)41-31-47(57-59-53-43-27-15-11-21-35(43)36-22-12-16-28-44(36)54-59)49(39-25-9-7-19-33(39)41)50-40-26-10-8-20-34(40)42(52(4,5)6)32-48(50)58-60-55-45-29-17-13-23-37(45)38-24-14-18-30-46(38)56-60/h7-32,39,49H,1-6H3. The van der Waals surface area contributed by atoms with E-state index in [0.717, 1.165) is 49.2 Å². The molecule has 300 valence electrons. The second-order valence-electron chi connectivity index (χ2n) is 17.5. The summed E-state index contributed by atoms with van der Waals surface area (Å²) in [5.74, 6) is 0.948. The summed E-state index contributed by atoms with van der Waals surface area (Å²) in [6.45, 7) is 13.5. The SMILES string of the molecule is CC(C)(C)C1=C2C=CC=CC2C(c2c(Op3oc4ccccc4c4ccccc4o3)cc(C(C)(C)C)c3ccccc23)C(Op2oc3ccccc3c3ccccc3o2)=C1. The molecule has 6 aromatic carbocycles. The summed E-state index contributed by atoms with van der Waals surface area (Å²) in [6, 6.07) is 43.0. The lowest BCUT2D eigenvalue weighted by Gasteiger charge is -2.38. The van der Waals surface area contributed by atoms with Crippen molar-refractivity contribution in [3.8, 4) is 5.75 Å². The van der Waals surface area contributed by atoms with E-state index in [2.05, 4.69) is 127 Å². The molecule has 8 aromatic rings. The van der Waals surface area contributed by atoms with E-state index in [9.17, 15) is 0 Å². The van der Waals surface area contributed by atoms with Crippen molar-refractivity contribution in [2.45, 2.75) is 52.9 Å². The highest BCUT2D eigenvalue weighted by atomic mass is 31.1. The summed E-state index contributed by atoms with van der Waals surface area (Å²) in [7, 11) is -3.94. The van der Waals surface area contributed by atoms with Crippen molar-refractivity contribution in [1.29, 1.82) is 0 Å². The smallest absolute Gasteiger partial charge is 0.395 e. The Morgan fingerprint density at radius 2 is 0.950 bits per heavy atom. The lowest BCUT2D eigenvalue weighted by Crippen LogP contribution is -2.27. The first-order valence-corrected chi connectivity index (χ1v) is 22.6. The summed E-state index contributed by atoms with van der Waals surface area (Å²) in [6.07, 6.45) is 11.0. The van der Waals surface area contributed by atoms with Crippen LogP contribution in [0.4, 0.5) is 0 Å². The second kappa shape index (κ2) is 14.9. The van der Waals surface area contributed by atoms with E-state index in [1.165, 1.54) is 11.1 Å². The van der Waals surface area contributed by atoms with Crippen molar-refractivity contribution >= 4 is 71.1 Å². The Kier molecular flexibility index (Phi) is 9.47. The highest BCUT2D eigenvalue weighted by molar-refractivity contribution is 7.32. The van der Waals surface area contributed by atoms with Crippen molar-refractivity contribution < 1.29 is 25.8 Å². The van der Waals surface area contributed by atoms with Crippen LogP contribution in [0, 0.1) is 11.3 Å². The normalized spacial score (nSPS) is 16.7. The van der Waals surface area contributed by atoms with E-state index >= 15 is 0 Å². The molecule has 2 aliphatic rings. The van der Waals surface area contributed by atoms with Gasteiger partial charge in [-0.25, -0.2) is 0 Å². The number of hydrogen-bond donors (Lipinski definition) is 0. The number of rotatable bonds is 5. The first-order valence-electron chi connectivity index (χ1n) is 20.4. The fourth-order valence-electron chi connectivity index (χ4n) is 8.73. The molecule has 6 nitrogen and oxygen atoms in total. The molecule has 0 bridgehead atoms. The first-order chi connectivity index (χ1) is 29.0. The first kappa shape index (κ1) is 38.2. The zero-order valence-electron chi connectivity index (χ0n) is 34.5. The van der Waals surface area contributed by atoms with Crippen LogP contribution < -0.4 is 9.05 Å².